The number of aryl methyl sites for hydroxylation is 1. The van der Waals surface area contributed by atoms with Gasteiger partial charge in [-0.05, 0) is 45.0 Å². The minimum Gasteiger partial charge on any atom is -0.489 e. The Kier molecular flexibility index (Phi) is 5.27. The molecule has 1 aliphatic rings. The molecule has 25 heavy (non-hydrogen) atoms. The van der Waals surface area contributed by atoms with Gasteiger partial charge in [0.25, 0.3) is 5.91 Å². The van der Waals surface area contributed by atoms with Crippen LogP contribution in [-0.4, -0.2) is 43.1 Å². The molecule has 0 radical (unpaired) electrons. The fraction of sp³-hybridized carbons (Fsp3) is 0.381. The topological polar surface area (TPSA) is 32.8 Å². The Morgan fingerprint density at radius 3 is 2.40 bits per heavy atom. The van der Waals surface area contributed by atoms with Gasteiger partial charge in [-0.15, -0.1) is 0 Å². The van der Waals surface area contributed by atoms with Gasteiger partial charge >= 0.3 is 0 Å². The van der Waals surface area contributed by atoms with E-state index in [0.29, 0.717) is 0 Å². The molecule has 0 atom stereocenters. The molecule has 3 rings (SSSR count). The van der Waals surface area contributed by atoms with Crippen molar-refractivity contribution in [2.24, 2.45) is 0 Å². The summed E-state index contributed by atoms with van der Waals surface area (Å²) in [4.78, 5) is 16.9. The summed E-state index contributed by atoms with van der Waals surface area (Å²) in [5.74, 6) is 1.03. The van der Waals surface area contributed by atoms with Crippen molar-refractivity contribution in [3.05, 3.63) is 59.7 Å². The molecule has 0 bridgehead atoms. The number of carbonyl (C=O) groups is 1. The average Bonchev–Trinajstić information content (AvgIpc) is 2.61. The van der Waals surface area contributed by atoms with Crippen molar-refractivity contribution in [1.82, 2.24) is 4.90 Å². The highest BCUT2D eigenvalue weighted by Crippen LogP contribution is 2.29. The van der Waals surface area contributed by atoms with Crippen LogP contribution < -0.4 is 9.64 Å². The minimum atomic E-state index is 0.120. The molecule has 0 unspecified atom stereocenters. The van der Waals surface area contributed by atoms with Crippen LogP contribution in [0.25, 0.3) is 0 Å². The smallest absolute Gasteiger partial charge is 0.253 e. The van der Waals surface area contributed by atoms with E-state index in [1.165, 1.54) is 0 Å². The Balaban J connectivity index is 1.67. The van der Waals surface area contributed by atoms with Crippen molar-refractivity contribution in [2.75, 3.05) is 31.1 Å². The van der Waals surface area contributed by atoms with E-state index in [0.717, 1.165) is 48.7 Å². The third kappa shape index (κ3) is 4.13. The van der Waals surface area contributed by atoms with Crippen LogP contribution in [0.3, 0.4) is 0 Å². The number of hydrogen-bond donors (Lipinski definition) is 0. The normalized spacial score (nSPS) is 14.7. The van der Waals surface area contributed by atoms with Gasteiger partial charge in [-0.25, -0.2) is 0 Å². The second kappa shape index (κ2) is 7.60. The molecule has 0 spiro atoms. The molecule has 1 amide bonds. The minimum absolute atomic E-state index is 0.120. The molecule has 1 aliphatic heterocycles. The first kappa shape index (κ1) is 17.3. The molecule has 0 aromatic heterocycles. The SMILES string of the molecule is Cc1cccc(C(=O)N2CCN(c3ccccc3OC(C)C)CC2)c1. The summed E-state index contributed by atoms with van der Waals surface area (Å²) in [7, 11) is 0. The molecule has 1 heterocycles. The molecule has 4 nitrogen and oxygen atoms in total. The van der Waals surface area contributed by atoms with Gasteiger partial charge < -0.3 is 14.5 Å². The number of rotatable bonds is 4. The Morgan fingerprint density at radius 2 is 1.72 bits per heavy atom. The number of para-hydroxylation sites is 2. The molecule has 4 heteroatoms. The number of piperazine rings is 1. The van der Waals surface area contributed by atoms with Crippen LogP contribution in [-0.2, 0) is 0 Å². The zero-order valence-electron chi connectivity index (χ0n) is 15.2. The third-order valence-corrected chi connectivity index (χ3v) is 4.40. The summed E-state index contributed by atoms with van der Waals surface area (Å²) in [6, 6.07) is 16.0. The highest BCUT2D eigenvalue weighted by atomic mass is 16.5. The van der Waals surface area contributed by atoms with E-state index < -0.39 is 0 Å². The van der Waals surface area contributed by atoms with Crippen molar-refractivity contribution < 1.29 is 9.53 Å². The van der Waals surface area contributed by atoms with Gasteiger partial charge in [0.1, 0.15) is 5.75 Å². The van der Waals surface area contributed by atoms with E-state index in [2.05, 4.69) is 11.0 Å². The predicted molar refractivity (Wildman–Crippen MR) is 102 cm³/mol. The fourth-order valence-electron chi connectivity index (χ4n) is 3.18. The van der Waals surface area contributed by atoms with E-state index >= 15 is 0 Å². The summed E-state index contributed by atoms with van der Waals surface area (Å²) in [5, 5.41) is 0. The molecule has 1 fully saturated rings. The van der Waals surface area contributed by atoms with Gasteiger partial charge in [-0.3, -0.25) is 4.79 Å². The average molecular weight is 338 g/mol. The number of anilines is 1. The lowest BCUT2D eigenvalue weighted by molar-refractivity contribution is 0.0746. The number of carbonyl (C=O) groups excluding carboxylic acids is 1. The lowest BCUT2D eigenvalue weighted by atomic mass is 10.1. The van der Waals surface area contributed by atoms with Gasteiger partial charge in [0.2, 0.25) is 0 Å². The second-order valence-corrected chi connectivity index (χ2v) is 6.78. The van der Waals surface area contributed by atoms with Gasteiger partial charge in [-0.2, -0.15) is 0 Å². The molecule has 132 valence electrons. The molecular weight excluding hydrogens is 312 g/mol. The van der Waals surface area contributed by atoms with Gasteiger partial charge in [0, 0.05) is 31.7 Å². The number of hydrogen-bond acceptors (Lipinski definition) is 3. The first-order chi connectivity index (χ1) is 12.0. The second-order valence-electron chi connectivity index (χ2n) is 6.78. The van der Waals surface area contributed by atoms with Crippen LogP contribution in [0.1, 0.15) is 29.8 Å². The summed E-state index contributed by atoms with van der Waals surface area (Å²) < 4.78 is 5.93. The standard InChI is InChI=1S/C21H26N2O2/c1-16(2)25-20-10-5-4-9-19(20)22-11-13-23(14-12-22)21(24)18-8-6-7-17(3)15-18/h4-10,15-16H,11-14H2,1-3H3. The highest BCUT2D eigenvalue weighted by Gasteiger charge is 2.24. The highest BCUT2D eigenvalue weighted by molar-refractivity contribution is 5.94. The number of amides is 1. The van der Waals surface area contributed by atoms with Crippen molar-refractivity contribution in [3.63, 3.8) is 0 Å². The Hall–Kier alpha value is -2.49. The van der Waals surface area contributed by atoms with Crippen molar-refractivity contribution in [3.8, 4) is 5.75 Å². The van der Waals surface area contributed by atoms with Crippen LogP contribution in [0, 0.1) is 6.92 Å². The summed E-state index contributed by atoms with van der Waals surface area (Å²) >= 11 is 0. The lowest BCUT2D eigenvalue weighted by Crippen LogP contribution is -2.48. The Bertz CT molecular complexity index is 734. The summed E-state index contributed by atoms with van der Waals surface area (Å²) in [6.07, 6.45) is 0.144. The fourth-order valence-corrected chi connectivity index (χ4v) is 3.18. The van der Waals surface area contributed by atoms with Gasteiger partial charge in [-0.1, -0.05) is 29.8 Å². The van der Waals surface area contributed by atoms with Crippen molar-refractivity contribution in [2.45, 2.75) is 26.9 Å². The zero-order chi connectivity index (χ0) is 17.8. The van der Waals surface area contributed by atoms with E-state index in [-0.39, 0.29) is 12.0 Å². The van der Waals surface area contributed by atoms with E-state index in [1.807, 2.05) is 68.1 Å². The maximum Gasteiger partial charge on any atom is 0.253 e. The molecular formula is C21H26N2O2. The van der Waals surface area contributed by atoms with Crippen LogP contribution >= 0.6 is 0 Å². The maximum absolute atomic E-state index is 12.7. The molecule has 1 saturated heterocycles. The van der Waals surface area contributed by atoms with E-state index in [1.54, 1.807) is 0 Å². The Labute approximate surface area is 150 Å². The van der Waals surface area contributed by atoms with Crippen molar-refractivity contribution in [1.29, 1.82) is 0 Å². The lowest BCUT2D eigenvalue weighted by Gasteiger charge is -2.37. The van der Waals surface area contributed by atoms with Crippen LogP contribution in [0.15, 0.2) is 48.5 Å². The first-order valence-corrected chi connectivity index (χ1v) is 8.91. The number of nitrogens with zero attached hydrogens (tertiary/aromatic N) is 2. The Morgan fingerprint density at radius 1 is 1.00 bits per heavy atom. The maximum atomic E-state index is 12.7. The third-order valence-electron chi connectivity index (χ3n) is 4.40. The number of benzene rings is 2. The molecule has 2 aromatic rings. The molecule has 0 N–H and O–H groups in total. The first-order valence-electron chi connectivity index (χ1n) is 8.91. The molecule has 0 saturated carbocycles. The van der Waals surface area contributed by atoms with Crippen LogP contribution in [0.5, 0.6) is 5.75 Å². The monoisotopic (exact) mass is 338 g/mol. The van der Waals surface area contributed by atoms with Crippen LogP contribution in [0.4, 0.5) is 5.69 Å². The largest absolute Gasteiger partial charge is 0.489 e. The number of ether oxygens (including phenoxy) is 1. The molecule has 2 aromatic carbocycles. The van der Waals surface area contributed by atoms with E-state index in [9.17, 15) is 4.79 Å². The predicted octanol–water partition coefficient (Wildman–Crippen LogP) is 3.74. The molecule has 0 aliphatic carbocycles. The van der Waals surface area contributed by atoms with E-state index in [4.69, 9.17) is 4.74 Å². The van der Waals surface area contributed by atoms with Gasteiger partial charge in [0.15, 0.2) is 0 Å². The zero-order valence-corrected chi connectivity index (χ0v) is 15.2. The van der Waals surface area contributed by atoms with Crippen molar-refractivity contribution >= 4 is 11.6 Å². The van der Waals surface area contributed by atoms with Crippen LogP contribution in [0.2, 0.25) is 0 Å². The summed E-state index contributed by atoms with van der Waals surface area (Å²) in [6.45, 7) is 9.17. The quantitative estimate of drug-likeness (QED) is 0.851. The van der Waals surface area contributed by atoms with Gasteiger partial charge in [0.05, 0.1) is 11.8 Å². The summed E-state index contributed by atoms with van der Waals surface area (Å²) in [5.41, 5.74) is 3.00.